The summed E-state index contributed by atoms with van der Waals surface area (Å²) >= 11 is 0. The minimum absolute atomic E-state index is 0.0477. The number of anilines is 1. The van der Waals surface area contributed by atoms with Gasteiger partial charge in [-0.05, 0) is 26.3 Å². The van der Waals surface area contributed by atoms with E-state index in [1.807, 2.05) is 6.92 Å². The van der Waals surface area contributed by atoms with E-state index in [1.165, 1.54) is 0 Å². The number of aryl methyl sites for hydroxylation is 1. The third-order valence-electron chi connectivity index (χ3n) is 3.61. The molecule has 0 aliphatic carbocycles. The molecule has 1 aromatic heterocycles. The maximum atomic E-state index is 5.98. The zero-order valence-electron chi connectivity index (χ0n) is 12.1. The number of hydrogen-bond donors (Lipinski definition) is 1. The van der Waals surface area contributed by atoms with Crippen LogP contribution < -0.4 is 5.73 Å². The van der Waals surface area contributed by atoms with Crippen LogP contribution in [0.3, 0.4) is 0 Å². The second kappa shape index (κ2) is 6.30. The first kappa shape index (κ1) is 14.2. The molecule has 0 saturated carbocycles. The zero-order valence-corrected chi connectivity index (χ0v) is 12.1. The number of nitrogens with zero attached hydrogens (tertiary/aromatic N) is 3. The van der Waals surface area contributed by atoms with Crippen LogP contribution in [0.15, 0.2) is 0 Å². The summed E-state index contributed by atoms with van der Waals surface area (Å²) in [5, 5.41) is 0. The monoisotopic (exact) mass is 264 g/mol. The fraction of sp³-hybridized carbons (Fsp3) is 0.714. The second-order valence-corrected chi connectivity index (χ2v) is 5.05. The Balaban J connectivity index is 2.19. The van der Waals surface area contributed by atoms with Crippen molar-refractivity contribution < 1.29 is 4.74 Å². The fourth-order valence-corrected chi connectivity index (χ4v) is 2.47. The van der Waals surface area contributed by atoms with Crippen LogP contribution in [0, 0.1) is 6.92 Å². The summed E-state index contributed by atoms with van der Waals surface area (Å²) in [7, 11) is 0. The number of rotatable bonds is 4. The molecule has 106 valence electrons. The van der Waals surface area contributed by atoms with E-state index in [0.717, 1.165) is 56.2 Å². The summed E-state index contributed by atoms with van der Waals surface area (Å²) in [4.78, 5) is 11.4. The molecule has 5 heteroatoms. The molecule has 1 unspecified atom stereocenters. The molecule has 1 aliphatic heterocycles. The number of morpholine rings is 1. The van der Waals surface area contributed by atoms with Gasteiger partial charge in [-0.1, -0.05) is 13.8 Å². The van der Waals surface area contributed by atoms with E-state index in [4.69, 9.17) is 10.5 Å². The molecule has 1 saturated heterocycles. The number of ether oxygens (including phenoxy) is 1. The van der Waals surface area contributed by atoms with Crippen molar-refractivity contribution in [3.63, 3.8) is 0 Å². The van der Waals surface area contributed by atoms with Crippen LogP contribution in [-0.2, 0) is 11.2 Å². The molecule has 2 heterocycles. The van der Waals surface area contributed by atoms with Crippen LogP contribution in [0.2, 0.25) is 0 Å². The highest BCUT2D eigenvalue weighted by molar-refractivity contribution is 5.41. The van der Waals surface area contributed by atoms with Crippen molar-refractivity contribution in [2.75, 3.05) is 32.0 Å². The standard InChI is InChI=1S/C14H24N4O/c1-4-6-18-7-8-19-12(9-18)14-16-11(5-2)10(3)13(15)17-14/h12H,4-9H2,1-3H3,(H2,15,16,17). The SMILES string of the molecule is CCCN1CCOC(c2nc(N)c(C)c(CC)n2)C1. The van der Waals surface area contributed by atoms with Crippen molar-refractivity contribution in [1.82, 2.24) is 14.9 Å². The number of aromatic nitrogens is 2. The van der Waals surface area contributed by atoms with Gasteiger partial charge in [-0.2, -0.15) is 0 Å². The Morgan fingerprint density at radius 2 is 2.16 bits per heavy atom. The van der Waals surface area contributed by atoms with Gasteiger partial charge in [-0.25, -0.2) is 9.97 Å². The highest BCUT2D eigenvalue weighted by Crippen LogP contribution is 2.22. The summed E-state index contributed by atoms with van der Waals surface area (Å²) in [6.45, 7) is 9.95. The molecule has 0 spiro atoms. The molecular formula is C14H24N4O. The molecule has 0 bridgehead atoms. The molecule has 0 amide bonds. The maximum absolute atomic E-state index is 5.98. The first-order chi connectivity index (χ1) is 9.15. The van der Waals surface area contributed by atoms with Crippen LogP contribution in [0.5, 0.6) is 0 Å². The lowest BCUT2D eigenvalue weighted by Crippen LogP contribution is -2.39. The molecule has 2 N–H and O–H groups in total. The van der Waals surface area contributed by atoms with Gasteiger partial charge in [-0.3, -0.25) is 4.90 Å². The Hall–Kier alpha value is -1.20. The number of hydrogen-bond acceptors (Lipinski definition) is 5. The lowest BCUT2D eigenvalue weighted by Gasteiger charge is -2.32. The first-order valence-electron chi connectivity index (χ1n) is 7.12. The number of nitrogen functional groups attached to an aromatic ring is 1. The highest BCUT2D eigenvalue weighted by Gasteiger charge is 2.24. The average molecular weight is 264 g/mol. The molecule has 0 radical (unpaired) electrons. The summed E-state index contributed by atoms with van der Waals surface area (Å²) in [5.41, 5.74) is 8.00. The van der Waals surface area contributed by atoms with E-state index in [2.05, 4.69) is 28.7 Å². The topological polar surface area (TPSA) is 64.3 Å². The van der Waals surface area contributed by atoms with Crippen molar-refractivity contribution in [2.45, 2.75) is 39.7 Å². The Morgan fingerprint density at radius 3 is 2.84 bits per heavy atom. The quantitative estimate of drug-likeness (QED) is 0.897. The molecular weight excluding hydrogens is 240 g/mol. The highest BCUT2D eigenvalue weighted by atomic mass is 16.5. The second-order valence-electron chi connectivity index (χ2n) is 5.05. The van der Waals surface area contributed by atoms with Gasteiger partial charge < -0.3 is 10.5 Å². The van der Waals surface area contributed by atoms with E-state index < -0.39 is 0 Å². The van der Waals surface area contributed by atoms with Gasteiger partial charge in [0.25, 0.3) is 0 Å². The van der Waals surface area contributed by atoms with E-state index in [1.54, 1.807) is 0 Å². The molecule has 5 nitrogen and oxygen atoms in total. The largest absolute Gasteiger partial charge is 0.383 e. The lowest BCUT2D eigenvalue weighted by atomic mass is 10.1. The van der Waals surface area contributed by atoms with Crippen LogP contribution in [-0.4, -0.2) is 41.1 Å². The van der Waals surface area contributed by atoms with Crippen LogP contribution >= 0.6 is 0 Å². The van der Waals surface area contributed by atoms with Crippen molar-refractivity contribution in [3.05, 3.63) is 17.1 Å². The van der Waals surface area contributed by atoms with Crippen molar-refractivity contribution >= 4 is 5.82 Å². The molecule has 1 fully saturated rings. The maximum Gasteiger partial charge on any atom is 0.161 e. The van der Waals surface area contributed by atoms with Gasteiger partial charge >= 0.3 is 0 Å². The van der Waals surface area contributed by atoms with Crippen LogP contribution in [0.25, 0.3) is 0 Å². The lowest BCUT2D eigenvalue weighted by molar-refractivity contribution is -0.0342. The summed E-state index contributed by atoms with van der Waals surface area (Å²) in [5.74, 6) is 1.32. The van der Waals surface area contributed by atoms with E-state index in [-0.39, 0.29) is 6.10 Å². The first-order valence-corrected chi connectivity index (χ1v) is 7.12. The van der Waals surface area contributed by atoms with Gasteiger partial charge in [0.2, 0.25) is 0 Å². The summed E-state index contributed by atoms with van der Waals surface area (Å²) in [6, 6.07) is 0. The van der Waals surface area contributed by atoms with Gasteiger partial charge in [0.05, 0.1) is 6.61 Å². The van der Waals surface area contributed by atoms with Crippen LogP contribution in [0.1, 0.15) is 43.5 Å². The third kappa shape index (κ3) is 3.22. The van der Waals surface area contributed by atoms with E-state index >= 15 is 0 Å². The van der Waals surface area contributed by atoms with Gasteiger partial charge in [0, 0.05) is 24.3 Å². The predicted octanol–water partition coefficient (Wildman–Crippen LogP) is 1.71. The number of nitrogens with two attached hydrogens (primary N) is 1. The Kier molecular flexibility index (Phi) is 4.71. The normalized spacial score (nSPS) is 20.7. The average Bonchev–Trinajstić information content (AvgIpc) is 2.42. The Labute approximate surface area is 115 Å². The van der Waals surface area contributed by atoms with Gasteiger partial charge in [-0.15, -0.1) is 0 Å². The Morgan fingerprint density at radius 1 is 1.37 bits per heavy atom. The molecule has 19 heavy (non-hydrogen) atoms. The molecule has 1 aliphatic rings. The minimum atomic E-state index is -0.0477. The molecule has 1 aromatic rings. The summed E-state index contributed by atoms with van der Waals surface area (Å²) < 4.78 is 5.81. The smallest absolute Gasteiger partial charge is 0.161 e. The van der Waals surface area contributed by atoms with Crippen molar-refractivity contribution in [2.24, 2.45) is 0 Å². The third-order valence-corrected chi connectivity index (χ3v) is 3.61. The van der Waals surface area contributed by atoms with E-state index in [0.29, 0.717) is 5.82 Å². The minimum Gasteiger partial charge on any atom is -0.383 e. The summed E-state index contributed by atoms with van der Waals surface area (Å²) in [6.07, 6.45) is 1.98. The predicted molar refractivity (Wildman–Crippen MR) is 76.0 cm³/mol. The van der Waals surface area contributed by atoms with Crippen LogP contribution in [0.4, 0.5) is 5.82 Å². The fourth-order valence-electron chi connectivity index (χ4n) is 2.47. The van der Waals surface area contributed by atoms with Gasteiger partial charge in [0.1, 0.15) is 11.9 Å². The molecule has 1 atom stereocenters. The van der Waals surface area contributed by atoms with E-state index in [9.17, 15) is 0 Å². The molecule has 0 aromatic carbocycles. The Bertz CT molecular complexity index is 434. The van der Waals surface area contributed by atoms with Gasteiger partial charge in [0.15, 0.2) is 5.82 Å². The van der Waals surface area contributed by atoms with Crippen molar-refractivity contribution in [3.8, 4) is 0 Å². The zero-order chi connectivity index (χ0) is 13.8. The van der Waals surface area contributed by atoms with Crippen molar-refractivity contribution in [1.29, 1.82) is 0 Å². The molecule has 2 rings (SSSR count).